The quantitative estimate of drug-likeness (QED) is 0.468. The summed E-state index contributed by atoms with van der Waals surface area (Å²) >= 11 is 0. The standard InChI is InChI=1S/C8H7BF4/c1-9-7-3-2-5(10)4-6(7)8(11,12)13/h2-4,9H,1H3. The van der Waals surface area contributed by atoms with Crippen molar-refractivity contribution in [2.45, 2.75) is 13.0 Å². The minimum absolute atomic E-state index is 0.119. The predicted octanol–water partition coefficient (Wildman–Crippen LogP) is 1.95. The molecule has 0 nitrogen and oxygen atoms in total. The van der Waals surface area contributed by atoms with Gasteiger partial charge in [-0.2, -0.15) is 13.2 Å². The van der Waals surface area contributed by atoms with Gasteiger partial charge in [0.2, 0.25) is 0 Å². The maximum atomic E-state index is 12.5. The van der Waals surface area contributed by atoms with Crippen LogP contribution in [0.1, 0.15) is 5.56 Å². The molecule has 0 unspecified atom stereocenters. The zero-order valence-corrected chi connectivity index (χ0v) is 6.95. The van der Waals surface area contributed by atoms with Crippen molar-refractivity contribution in [1.82, 2.24) is 0 Å². The monoisotopic (exact) mass is 190 g/mol. The van der Waals surface area contributed by atoms with Crippen molar-refractivity contribution in [1.29, 1.82) is 0 Å². The number of hydrogen-bond donors (Lipinski definition) is 0. The van der Waals surface area contributed by atoms with Crippen LogP contribution in [0.25, 0.3) is 0 Å². The molecule has 0 spiro atoms. The molecule has 0 N–H and O–H groups in total. The number of benzene rings is 1. The van der Waals surface area contributed by atoms with Gasteiger partial charge in [-0.15, -0.1) is 0 Å². The molecule has 13 heavy (non-hydrogen) atoms. The highest BCUT2D eigenvalue weighted by Gasteiger charge is 2.32. The summed E-state index contributed by atoms with van der Waals surface area (Å²) in [6, 6.07) is 2.73. The average molecular weight is 190 g/mol. The topological polar surface area (TPSA) is 0 Å². The highest BCUT2D eigenvalue weighted by molar-refractivity contribution is 6.52. The lowest BCUT2D eigenvalue weighted by molar-refractivity contribution is -0.136. The first-order valence-electron chi connectivity index (χ1n) is 3.80. The molecule has 5 heteroatoms. The van der Waals surface area contributed by atoms with Crippen LogP contribution in [0.5, 0.6) is 0 Å². The van der Waals surface area contributed by atoms with Crippen molar-refractivity contribution in [2.75, 3.05) is 0 Å². The molecule has 0 aliphatic heterocycles. The molecule has 0 aliphatic carbocycles. The first-order valence-corrected chi connectivity index (χ1v) is 3.80. The zero-order valence-electron chi connectivity index (χ0n) is 6.95. The Hall–Kier alpha value is -0.995. The van der Waals surface area contributed by atoms with Gasteiger partial charge < -0.3 is 0 Å². The van der Waals surface area contributed by atoms with Crippen molar-refractivity contribution < 1.29 is 17.6 Å². The van der Waals surface area contributed by atoms with Crippen molar-refractivity contribution in [3.63, 3.8) is 0 Å². The molecule has 70 valence electrons. The van der Waals surface area contributed by atoms with Crippen molar-refractivity contribution in [3.05, 3.63) is 29.6 Å². The molecule has 0 aliphatic rings. The smallest absolute Gasteiger partial charge is 0.207 e. The molecule has 1 rings (SSSR count). The number of halogens is 4. The Labute approximate surface area is 73.8 Å². The van der Waals surface area contributed by atoms with E-state index in [0.29, 0.717) is 6.07 Å². The summed E-state index contributed by atoms with van der Waals surface area (Å²) in [5, 5.41) is 0. The molecule has 0 saturated carbocycles. The van der Waals surface area contributed by atoms with Crippen molar-refractivity contribution in [2.24, 2.45) is 0 Å². The van der Waals surface area contributed by atoms with Gasteiger partial charge in [0.05, 0.1) is 5.56 Å². The minimum Gasteiger partial charge on any atom is -0.207 e. The molecule has 0 atom stereocenters. The van der Waals surface area contributed by atoms with Crippen LogP contribution >= 0.6 is 0 Å². The third-order valence-electron chi connectivity index (χ3n) is 1.76. The molecule has 0 bridgehead atoms. The molecule has 0 radical (unpaired) electrons. The van der Waals surface area contributed by atoms with Crippen molar-refractivity contribution >= 4 is 12.7 Å². The SMILES string of the molecule is CBc1ccc(F)cc1C(F)(F)F. The molecule has 0 heterocycles. The fourth-order valence-electron chi connectivity index (χ4n) is 1.12. The van der Waals surface area contributed by atoms with Crippen LogP contribution in [0.3, 0.4) is 0 Å². The van der Waals surface area contributed by atoms with E-state index in [4.69, 9.17) is 0 Å². The van der Waals surface area contributed by atoms with E-state index in [9.17, 15) is 17.6 Å². The molecular weight excluding hydrogens is 183 g/mol. The zero-order chi connectivity index (χ0) is 10.1. The van der Waals surface area contributed by atoms with E-state index in [-0.39, 0.29) is 12.7 Å². The third kappa shape index (κ3) is 2.23. The number of alkyl halides is 3. The first kappa shape index (κ1) is 10.1. The second-order valence-corrected chi connectivity index (χ2v) is 2.65. The minimum atomic E-state index is -4.46. The van der Waals surface area contributed by atoms with Gasteiger partial charge in [-0.25, -0.2) is 4.39 Å². The Morgan fingerprint density at radius 1 is 1.23 bits per heavy atom. The molecule has 0 saturated heterocycles. The van der Waals surface area contributed by atoms with Gasteiger partial charge in [0.15, 0.2) is 7.28 Å². The van der Waals surface area contributed by atoms with Crippen LogP contribution in [0.15, 0.2) is 18.2 Å². The Bertz CT molecular complexity index is 306. The lowest BCUT2D eigenvalue weighted by Gasteiger charge is -2.10. The van der Waals surface area contributed by atoms with E-state index in [1.165, 1.54) is 0 Å². The normalized spacial score (nSPS) is 11.5. The van der Waals surface area contributed by atoms with Gasteiger partial charge in [-0.3, -0.25) is 0 Å². The maximum absolute atomic E-state index is 12.5. The van der Waals surface area contributed by atoms with E-state index in [0.717, 1.165) is 12.1 Å². The summed E-state index contributed by atoms with van der Waals surface area (Å²) in [4.78, 5) is 0. The van der Waals surface area contributed by atoms with Crippen molar-refractivity contribution in [3.8, 4) is 0 Å². The van der Waals surface area contributed by atoms with Gasteiger partial charge in [-0.05, 0) is 12.1 Å². The van der Waals surface area contributed by atoms with E-state index in [2.05, 4.69) is 0 Å². The first-order chi connectivity index (χ1) is 5.95. The second kappa shape index (κ2) is 3.40. The Morgan fingerprint density at radius 3 is 2.31 bits per heavy atom. The number of rotatable bonds is 1. The summed E-state index contributed by atoms with van der Waals surface area (Å²) in [7, 11) is 0.245. The highest BCUT2D eigenvalue weighted by Crippen LogP contribution is 2.28. The molecule has 1 aromatic rings. The Kier molecular flexibility index (Phi) is 2.64. The summed E-state index contributed by atoms with van der Waals surface area (Å²) in [6.45, 7) is 1.60. The summed E-state index contributed by atoms with van der Waals surface area (Å²) in [6.07, 6.45) is -4.46. The van der Waals surface area contributed by atoms with Crippen LogP contribution in [-0.4, -0.2) is 7.28 Å². The molecule has 0 aromatic heterocycles. The van der Waals surface area contributed by atoms with E-state index < -0.39 is 17.6 Å². The highest BCUT2D eigenvalue weighted by atomic mass is 19.4. The lowest BCUT2D eigenvalue weighted by atomic mass is 9.71. The van der Waals surface area contributed by atoms with Crippen LogP contribution in [0.2, 0.25) is 6.82 Å². The molecular formula is C8H7BF4. The molecule has 0 amide bonds. The third-order valence-corrected chi connectivity index (χ3v) is 1.76. The Balaban J connectivity index is 3.24. The van der Waals surface area contributed by atoms with Gasteiger partial charge >= 0.3 is 6.18 Å². The average Bonchev–Trinajstić information content (AvgIpc) is 2.03. The van der Waals surface area contributed by atoms with Crippen LogP contribution in [0, 0.1) is 5.82 Å². The van der Waals surface area contributed by atoms with Crippen LogP contribution in [-0.2, 0) is 6.18 Å². The van der Waals surface area contributed by atoms with Gasteiger partial charge in [-0.1, -0.05) is 18.4 Å². The fourth-order valence-corrected chi connectivity index (χ4v) is 1.12. The van der Waals surface area contributed by atoms with E-state index in [1.54, 1.807) is 6.82 Å². The van der Waals surface area contributed by atoms with Crippen LogP contribution in [0.4, 0.5) is 17.6 Å². The van der Waals surface area contributed by atoms with E-state index >= 15 is 0 Å². The lowest BCUT2D eigenvalue weighted by Crippen LogP contribution is -2.23. The number of hydrogen-bond acceptors (Lipinski definition) is 0. The maximum Gasteiger partial charge on any atom is 0.415 e. The van der Waals surface area contributed by atoms with Crippen LogP contribution < -0.4 is 5.46 Å². The Morgan fingerprint density at radius 2 is 1.85 bits per heavy atom. The summed E-state index contributed by atoms with van der Waals surface area (Å²) < 4.78 is 49.3. The summed E-state index contributed by atoms with van der Waals surface area (Å²) in [5.74, 6) is -0.857. The van der Waals surface area contributed by atoms with Gasteiger partial charge in [0, 0.05) is 0 Å². The summed E-state index contributed by atoms with van der Waals surface area (Å²) in [5.41, 5.74) is -0.760. The molecule has 1 aromatic carbocycles. The predicted molar refractivity (Wildman–Crippen MR) is 44.0 cm³/mol. The molecule has 0 fully saturated rings. The second-order valence-electron chi connectivity index (χ2n) is 2.65. The van der Waals surface area contributed by atoms with E-state index in [1.807, 2.05) is 0 Å². The van der Waals surface area contributed by atoms with Gasteiger partial charge in [0.25, 0.3) is 0 Å². The fraction of sp³-hybridized carbons (Fsp3) is 0.250. The van der Waals surface area contributed by atoms with Gasteiger partial charge in [0.1, 0.15) is 5.82 Å². The largest absolute Gasteiger partial charge is 0.415 e.